The minimum absolute atomic E-state index is 0.0221. The number of piperidine rings is 2. The molecule has 0 radical (unpaired) electrons. The van der Waals surface area contributed by atoms with Crippen molar-refractivity contribution in [3.63, 3.8) is 0 Å². The predicted octanol–water partition coefficient (Wildman–Crippen LogP) is 6.73. The van der Waals surface area contributed by atoms with Gasteiger partial charge in [-0.25, -0.2) is 4.39 Å². The molecule has 11 rings (SSSR count). The monoisotopic (exact) mass is 809 g/mol. The van der Waals surface area contributed by atoms with Crippen LogP contribution in [0.5, 0.6) is 11.5 Å². The molecule has 0 bridgehead atoms. The van der Waals surface area contributed by atoms with Gasteiger partial charge in [-0.1, -0.05) is 42.5 Å². The number of hydrogen-bond acceptors (Lipinski definition) is 8. The van der Waals surface area contributed by atoms with Gasteiger partial charge in [0, 0.05) is 63.7 Å². The van der Waals surface area contributed by atoms with Crippen molar-refractivity contribution in [1.29, 1.82) is 0 Å². The Morgan fingerprint density at radius 2 is 1.65 bits per heavy atom. The molecule has 0 aromatic heterocycles. The van der Waals surface area contributed by atoms with Crippen LogP contribution in [0, 0.1) is 17.2 Å². The lowest BCUT2D eigenvalue weighted by Crippen LogP contribution is -2.59. The molecular formula is C49H52FN5O5. The van der Waals surface area contributed by atoms with Crippen molar-refractivity contribution < 1.29 is 28.6 Å². The van der Waals surface area contributed by atoms with Gasteiger partial charge >= 0.3 is 0 Å². The number of nitrogens with zero attached hydrogens (tertiary/aromatic N) is 4. The van der Waals surface area contributed by atoms with Gasteiger partial charge in [0.2, 0.25) is 11.8 Å². The summed E-state index contributed by atoms with van der Waals surface area (Å²) in [6, 6.07) is 25.8. The van der Waals surface area contributed by atoms with Gasteiger partial charge in [-0.3, -0.25) is 24.6 Å². The molecule has 2 aliphatic carbocycles. The van der Waals surface area contributed by atoms with Crippen LogP contribution in [-0.4, -0.2) is 90.6 Å². The van der Waals surface area contributed by atoms with E-state index in [1.165, 1.54) is 24.0 Å². The number of hydrogen-bond donors (Lipinski definition) is 2. The Bertz CT molecular complexity index is 2370. The first-order chi connectivity index (χ1) is 29.2. The molecule has 5 aliphatic heterocycles. The number of carbonyl (C=O) groups excluding carboxylic acids is 3. The van der Waals surface area contributed by atoms with Crippen LogP contribution in [0.25, 0.3) is 0 Å². The summed E-state index contributed by atoms with van der Waals surface area (Å²) in [7, 11) is 0. The van der Waals surface area contributed by atoms with Crippen LogP contribution in [0.2, 0.25) is 0 Å². The number of phenolic OH excluding ortho intramolecular Hbond substituents is 1. The highest BCUT2D eigenvalue weighted by molar-refractivity contribution is 6.06. The van der Waals surface area contributed by atoms with Crippen LogP contribution in [0.1, 0.15) is 95.0 Å². The number of anilines is 2. The fourth-order valence-corrected chi connectivity index (χ4v) is 12.2. The van der Waals surface area contributed by atoms with E-state index in [4.69, 9.17) is 4.74 Å². The lowest BCUT2D eigenvalue weighted by molar-refractivity contribution is -0.136. The maximum atomic E-state index is 16.2. The summed E-state index contributed by atoms with van der Waals surface area (Å²) < 4.78 is 22.5. The van der Waals surface area contributed by atoms with E-state index >= 15 is 4.39 Å². The third kappa shape index (κ3) is 6.51. The Labute approximate surface area is 350 Å². The minimum Gasteiger partial charge on any atom is -0.508 e. The molecule has 0 unspecified atom stereocenters. The van der Waals surface area contributed by atoms with E-state index < -0.39 is 11.9 Å². The van der Waals surface area contributed by atoms with Gasteiger partial charge in [0.05, 0.1) is 17.4 Å². The van der Waals surface area contributed by atoms with E-state index in [0.29, 0.717) is 42.2 Å². The second kappa shape index (κ2) is 14.6. The van der Waals surface area contributed by atoms with E-state index in [0.717, 1.165) is 93.1 Å². The number of carbonyl (C=O) groups is 3. The number of piperazine rings is 1. The molecule has 5 heterocycles. The second-order valence-corrected chi connectivity index (χ2v) is 18.7. The van der Waals surface area contributed by atoms with Crippen LogP contribution in [0.4, 0.5) is 15.8 Å². The van der Waals surface area contributed by atoms with Gasteiger partial charge in [0.1, 0.15) is 30.0 Å². The van der Waals surface area contributed by atoms with Crippen LogP contribution < -0.4 is 19.9 Å². The van der Waals surface area contributed by atoms with Crippen molar-refractivity contribution in [1.82, 2.24) is 15.1 Å². The van der Waals surface area contributed by atoms with Crippen molar-refractivity contribution in [3.8, 4) is 11.5 Å². The van der Waals surface area contributed by atoms with Gasteiger partial charge in [-0.15, -0.1) is 0 Å². The van der Waals surface area contributed by atoms with Gasteiger partial charge in [0.15, 0.2) is 0 Å². The van der Waals surface area contributed by atoms with Crippen LogP contribution in [0.15, 0.2) is 78.9 Å². The van der Waals surface area contributed by atoms with Crippen molar-refractivity contribution in [3.05, 3.63) is 118 Å². The lowest BCUT2D eigenvalue weighted by atomic mass is 9.57. The Morgan fingerprint density at radius 3 is 2.45 bits per heavy atom. The van der Waals surface area contributed by atoms with Gasteiger partial charge in [-0.2, -0.15) is 0 Å². The van der Waals surface area contributed by atoms with E-state index in [1.54, 1.807) is 17.0 Å². The molecule has 4 aromatic carbocycles. The van der Waals surface area contributed by atoms with Crippen molar-refractivity contribution in [2.75, 3.05) is 55.7 Å². The van der Waals surface area contributed by atoms with Crippen LogP contribution in [-0.2, 0) is 22.6 Å². The number of imide groups is 1. The molecule has 3 amide bonds. The maximum absolute atomic E-state index is 16.2. The molecule has 4 fully saturated rings. The topological polar surface area (TPSA) is 106 Å². The Morgan fingerprint density at radius 1 is 0.817 bits per heavy atom. The normalized spacial score (nSPS) is 26.1. The third-order valence-corrected chi connectivity index (χ3v) is 15.2. The molecule has 1 spiro atoms. The average Bonchev–Trinajstić information content (AvgIpc) is 3.56. The van der Waals surface area contributed by atoms with Crippen molar-refractivity contribution in [2.24, 2.45) is 11.3 Å². The molecule has 10 nitrogen and oxygen atoms in total. The number of aromatic hydroxyl groups is 1. The van der Waals surface area contributed by atoms with Crippen LogP contribution >= 0.6 is 0 Å². The SMILES string of the molecule is O=C1CC[C@H](N2Cc3cc4c(cc3C2=O)OC[C@@H]2CN(CC3CC5(CCN(c6ccc([C@H]7c8ccc(O)cc8CC[C@H]7c7ccccc7)cc6F)CC5)C3)CCN42)C(=O)N1. The number of amides is 3. The number of benzene rings is 4. The summed E-state index contributed by atoms with van der Waals surface area (Å²) in [5.74, 6) is 0.939. The van der Waals surface area contributed by atoms with Gasteiger partial charge in [-0.05, 0) is 126 Å². The number of aryl methyl sites for hydroxylation is 1. The number of phenols is 1. The summed E-state index contributed by atoms with van der Waals surface area (Å²) in [5.41, 5.74) is 8.18. The highest BCUT2D eigenvalue weighted by atomic mass is 19.1. The number of ether oxygens (including phenoxy) is 1. The summed E-state index contributed by atoms with van der Waals surface area (Å²) in [6.45, 7) is 6.57. The molecular weight excluding hydrogens is 758 g/mol. The number of fused-ring (bicyclic) bond motifs is 5. The smallest absolute Gasteiger partial charge is 0.255 e. The van der Waals surface area contributed by atoms with Gasteiger partial charge < -0.3 is 24.5 Å². The first-order valence-corrected chi connectivity index (χ1v) is 22.0. The van der Waals surface area contributed by atoms with Gasteiger partial charge in [0.25, 0.3) is 5.91 Å². The third-order valence-electron chi connectivity index (χ3n) is 15.2. The fourth-order valence-electron chi connectivity index (χ4n) is 12.2. The number of halogens is 1. The molecule has 7 aliphatic rings. The van der Waals surface area contributed by atoms with Crippen molar-refractivity contribution >= 4 is 29.1 Å². The van der Waals surface area contributed by atoms with E-state index in [2.05, 4.69) is 56.4 Å². The summed E-state index contributed by atoms with van der Waals surface area (Å²) >= 11 is 0. The number of rotatable bonds is 6. The molecule has 4 aromatic rings. The zero-order chi connectivity index (χ0) is 40.7. The van der Waals surface area contributed by atoms with Crippen molar-refractivity contribution in [2.45, 2.75) is 81.8 Å². The second-order valence-electron chi connectivity index (χ2n) is 18.7. The Hall–Kier alpha value is -5.42. The standard InChI is InChI=1S/C49H52FN5O5/c50-40-21-33(46-37(31-4-2-1-3-5-31)9-6-32-20-36(56)8-10-38(32)46)7-11-41(40)53-16-14-49(15-17-53)24-30(25-49)26-52-18-19-54-35(28-52)29-60-44-23-39-34(22-43(44)54)27-55(48(39)59)42-12-13-45(57)51-47(42)58/h1-5,7-8,10-11,20-23,30,35,37,42,46,56H,6,9,12-19,24-29H2,(H,51,57,58)/t35-,37-,42-,46+/m0/s1. The molecule has 3 saturated heterocycles. The number of nitrogens with one attached hydrogen (secondary N) is 1. The molecule has 4 atom stereocenters. The summed E-state index contributed by atoms with van der Waals surface area (Å²) in [5, 5.41) is 12.6. The summed E-state index contributed by atoms with van der Waals surface area (Å²) in [6.07, 6.45) is 7.07. The van der Waals surface area contributed by atoms with Crippen LogP contribution in [0.3, 0.4) is 0 Å². The minimum atomic E-state index is -0.631. The first kappa shape index (κ1) is 37.6. The Kier molecular flexibility index (Phi) is 9.17. The van der Waals surface area contributed by atoms with E-state index in [-0.39, 0.29) is 47.7 Å². The highest BCUT2D eigenvalue weighted by Crippen LogP contribution is 2.54. The quantitative estimate of drug-likeness (QED) is 0.207. The maximum Gasteiger partial charge on any atom is 0.255 e. The van der Waals surface area contributed by atoms with E-state index in [1.807, 2.05) is 30.3 Å². The molecule has 2 N–H and O–H groups in total. The fraction of sp³-hybridized carbons (Fsp3) is 0.449. The molecule has 60 heavy (non-hydrogen) atoms. The zero-order valence-corrected chi connectivity index (χ0v) is 34.0. The molecule has 11 heteroatoms. The zero-order valence-electron chi connectivity index (χ0n) is 34.0. The largest absolute Gasteiger partial charge is 0.508 e. The molecule has 1 saturated carbocycles. The summed E-state index contributed by atoms with van der Waals surface area (Å²) in [4.78, 5) is 46.6. The van der Waals surface area contributed by atoms with E-state index in [9.17, 15) is 19.5 Å². The lowest BCUT2D eigenvalue weighted by Gasteiger charge is -2.54. The average molecular weight is 810 g/mol. The Balaban J connectivity index is 0.697. The highest BCUT2D eigenvalue weighted by Gasteiger charge is 2.47. The molecule has 310 valence electrons. The first-order valence-electron chi connectivity index (χ1n) is 22.0. The predicted molar refractivity (Wildman–Crippen MR) is 226 cm³/mol.